The lowest BCUT2D eigenvalue weighted by Crippen LogP contribution is -2.57. The fourth-order valence-electron chi connectivity index (χ4n) is 6.53. The highest BCUT2D eigenvalue weighted by Crippen LogP contribution is 2.45. The lowest BCUT2D eigenvalue weighted by Gasteiger charge is -2.49. The fourth-order valence-corrected chi connectivity index (χ4v) is 6.53. The van der Waals surface area contributed by atoms with Gasteiger partial charge < -0.3 is 24.6 Å². The monoisotopic (exact) mass is 464 g/mol. The van der Waals surface area contributed by atoms with E-state index in [0.29, 0.717) is 44.2 Å². The molecule has 2 saturated carbocycles. The van der Waals surface area contributed by atoms with Crippen LogP contribution in [0.5, 0.6) is 0 Å². The smallest absolute Gasteiger partial charge is 0.324 e. The number of nitrogens with zero attached hydrogens (tertiary/aromatic N) is 3. The van der Waals surface area contributed by atoms with E-state index in [2.05, 4.69) is 17.3 Å². The minimum absolute atomic E-state index is 0.00103. The normalized spacial score (nSPS) is 30.4. The molecule has 3 amide bonds. The van der Waals surface area contributed by atoms with Crippen molar-refractivity contribution in [2.75, 3.05) is 60.5 Å². The van der Waals surface area contributed by atoms with Crippen molar-refractivity contribution >= 4 is 11.9 Å². The van der Waals surface area contributed by atoms with Crippen LogP contribution in [-0.2, 0) is 14.3 Å². The molecule has 4 rings (SSSR count). The van der Waals surface area contributed by atoms with Gasteiger partial charge in [0, 0.05) is 45.1 Å². The predicted octanol–water partition coefficient (Wildman–Crippen LogP) is 2.53. The van der Waals surface area contributed by atoms with E-state index in [0.717, 1.165) is 51.6 Å². The van der Waals surface area contributed by atoms with Gasteiger partial charge in [0.15, 0.2) is 5.79 Å². The zero-order chi connectivity index (χ0) is 23.4. The highest BCUT2D eigenvalue weighted by Gasteiger charge is 2.49. The summed E-state index contributed by atoms with van der Waals surface area (Å²) in [6.07, 6.45) is 9.53. The van der Waals surface area contributed by atoms with Crippen molar-refractivity contribution in [2.24, 2.45) is 17.8 Å². The number of hydrogen-bond donors (Lipinski definition) is 1. The highest BCUT2D eigenvalue weighted by atomic mass is 16.7. The van der Waals surface area contributed by atoms with Crippen molar-refractivity contribution < 1.29 is 19.1 Å². The number of likely N-dealkylation sites (tertiary alicyclic amines) is 1. The number of imide groups is 1. The Morgan fingerprint density at radius 1 is 1.09 bits per heavy atom. The zero-order valence-corrected chi connectivity index (χ0v) is 20.9. The standard InChI is InChI=1S/C25H44N4O4/c1-27(2)12-11-26-24(31)29(17-19-7-5-4-6-8-19)23(30)21-15-20-16-25(32-13-14-33-25)10-9-22(20)28(3)18-21/h19-22H,4-18H2,1-3H3,(H,26,31)/t20-,21-,22-/m1/s1. The van der Waals surface area contributed by atoms with Gasteiger partial charge in [-0.05, 0) is 58.7 Å². The van der Waals surface area contributed by atoms with Crippen molar-refractivity contribution in [3.05, 3.63) is 0 Å². The summed E-state index contributed by atoms with van der Waals surface area (Å²) in [5.41, 5.74) is 0. The first-order valence-corrected chi connectivity index (χ1v) is 13.1. The lowest BCUT2D eigenvalue weighted by atomic mass is 9.72. The first-order chi connectivity index (χ1) is 15.9. The summed E-state index contributed by atoms with van der Waals surface area (Å²) in [5, 5.41) is 3.00. The molecule has 4 aliphatic rings. The second kappa shape index (κ2) is 11.0. The van der Waals surface area contributed by atoms with Gasteiger partial charge in [-0.15, -0.1) is 0 Å². The third-order valence-electron chi connectivity index (χ3n) is 8.27. The number of urea groups is 1. The third-order valence-corrected chi connectivity index (χ3v) is 8.27. The molecule has 0 aromatic heterocycles. The van der Waals surface area contributed by atoms with Crippen LogP contribution in [0.2, 0.25) is 0 Å². The largest absolute Gasteiger partial charge is 0.348 e. The maximum atomic E-state index is 13.8. The third kappa shape index (κ3) is 6.08. The summed E-state index contributed by atoms with van der Waals surface area (Å²) in [5.74, 6) is 0.183. The molecule has 2 aliphatic heterocycles. The van der Waals surface area contributed by atoms with E-state index in [9.17, 15) is 9.59 Å². The van der Waals surface area contributed by atoms with Gasteiger partial charge in [-0.1, -0.05) is 19.3 Å². The molecule has 4 fully saturated rings. The van der Waals surface area contributed by atoms with Gasteiger partial charge in [0.2, 0.25) is 5.91 Å². The Balaban J connectivity index is 1.43. The molecule has 8 heteroatoms. The van der Waals surface area contributed by atoms with Crippen LogP contribution in [-0.4, -0.2) is 99.0 Å². The van der Waals surface area contributed by atoms with Crippen LogP contribution < -0.4 is 5.32 Å². The van der Waals surface area contributed by atoms with Gasteiger partial charge in [0.25, 0.3) is 0 Å². The number of carbonyl (C=O) groups excluding carboxylic acids is 2. The lowest BCUT2D eigenvalue weighted by molar-refractivity contribution is -0.202. The van der Waals surface area contributed by atoms with Gasteiger partial charge in [0.05, 0.1) is 19.1 Å². The second-order valence-corrected chi connectivity index (χ2v) is 11.0. The first kappa shape index (κ1) is 24.9. The summed E-state index contributed by atoms with van der Waals surface area (Å²) < 4.78 is 12.0. The van der Waals surface area contributed by atoms with E-state index in [-0.39, 0.29) is 17.9 Å². The van der Waals surface area contributed by atoms with Gasteiger partial charge in [-0.25, -0.2) is 4.79 Å². The second-order valence-electron chi connectivity index (χ2n) is 11.0. The summed E-state index contributed by atoms with van der Waals surface area (Å²) >= 11 is 0. The SMILES string of the molecule is CN(C)CCNC(=O)N(CC1CCCCC1)C(=O)[C@@H]1C[C@@H]2CC3(CC[C@H]2N(C)C1)OCCO3. The molecule has 0 bridgehead atoms. The highest BCUT2D eigenvalue weighted by molar-refractivity contribution is 5.95. The Hall–Kier alpha value is -1.22. The Bertz CT molecular complexity index is 675. The predicted molar refractivity (Wildman–Crippen MR) is 127 cm³/mol. The van der Waals surface area contributed by atoms with Gasteiger partial charge >= 0.3 is 6.03 Å². The number of ether oxygens (including phenoxy) is 2. The van der Waals surface area contributed by atoms with Crippen molar-refractivity contribution in [1.82, 2.24) is 20.0 Å². The van der Waals surface area contributed by atoms with E-state index in [1.807, 2.05) is 19.0 Å². The van der Waals surface area contributed by atoms with Crippen molar-refractivity contribution in [2.45, 2.75) is 69.6 Å². The van der Waals surface area contributed by atoms with E-state index in [4.69, 9.17) is 9.47 Å². The van der Waals surface area contributed by atoms with E-state index < -0.39 is 5.79 Å². The fraction of sp³-hybridized carbons (Fsp3) is 0.920. The van der Waals surface area contributed by atoms with Crippen LogP contribution in [0, 0.1) is 17.8 Å². The van der Waals surface area contributed by atoms with E-state index in [1.54, 1.807) is 4.90 Å². The first-order valence-electron chi connectivity index (χ1n) is 13.1. The molecule has 0 radical (unpaired) electrons. The average Bonchev–Trinajstić information content (AvgIpc) is 3.24. The molecule has 2 saturated heterocycles. The quantitative estimate of drug-likeness (QED) is 0.651. The molecule has 1 spiro atoms. The summed E-state index contributed by atoms with van der Waals surface area (Å²) in [6, 6.07) is 0.243. The van der Waals surface area contributed by atoms with Crippen molar-refractivity contribution in [1.29, 1.82) is 0 Å². The summed E-state index contributed by atoms with van der Waals surface area (Å²) in [4.78, 5) is 32.9. The molecule has 2 aliphatic carbocycles. The van der Waals surface area contributed by atoms with Gasteiger partial charge in [-0.3, -0.25) is 9.69 Å². The van der Waals surface area contributed by atoms with E-state index >= 15 is 0 Å². The van der Waals surface area contributed by atoms with E-state index in [1.165, 1.54) is 19.3 Å². The molecule has 2 heterocycles. The maximum absolute atomic E-state index is 13.8. The minimum atomic E-state index is -0.446. The Morgan fingerprint density at radius 3 is 2.52 bits per heavy atom. The molecular weight excluding hydrogens is 420 g/mol. The minimum Gasteiger partial charge on any atom is -0.348 e. The number of carbonyl (C=O) groups is 2. The topological polar surface area (TPSA) is 74.4 Å². The zero-order valence-electron chi connectivity index (χ0n) is 20.9. The van der Waals surface area contributed by atoms with Crippen LogP contribution in [0.4, 0.5) is 4.79 Å². The molecule has 188 valence electrons. The average molecular weight is 465 g/mol. The molecule has 3 atom stereocenters. The van der Waals surface area contributed by atoms with Crippen LogP contribution in [0.1, 0.15) is 57.8 Å². The summed E-state index contributed by atoms with van der Waals surface area (Å²) in [6.45, 7) is 3.91. The molecule has 0 aromatic rings. The number of piperidine rings is 1. The van der Waals surface area contributed by atoms with Gasteiger partial charge in [0.1, 0.15) is 0 Å². The summed E-state index contributed by atoms with van der Waals surface area (Å²) in [7, 11) is 6.11. The Morgan fingerprint density at radius 2 is 1.82 bits per heavy atom. The van der Waals surface area contributed by atoms with Crippen molar-refractivity contribution in [3.63, 3.8) is 0 Å². The molecule has 1 N–H and O–H groups in total. The number of fused-ring (bicyclic) bond motifs is 1. The van der Waals surface area contributed by atoms with Gasteiger partial charge in [-0.2, -0.15) is 0 Å². The number of nitrogens with one attached hydrogen (secondary N) is 1. The van der Waals surface area contributed by atoms with Crippen molar-refractivity contribution in [3.8, 4) is 0 Å². The molecule has 0 aromatic carbocycles. The maximum Gasteiger partial charge on any atom is 0.324 e. The number of likely N-dealkylation sites (N-methyl/N-ethyl adjacent to an activating group) is 1. The van der Waals surface area contributed by atoms with Crippen LogP contribution in [0.15, 0.2) is 0 Å². The Kier molecular flexibility index (Phi) is 8.31. The molecule has 8 nitrogen and oxygen atoms in total. The number of amides is 3. The number of rotatable bonds is 6. The molecule has 33 heavy (non-hydrogen) atoms. The number of hydrogen-bond acceptors (Lipinski definition) is 6. The Labute approximate surface area is 199 Å². The van der Waals surface area contributed by atoms with Crippen LogP contribution in [0.3, 0.4) is 0 Å². The van der Waals surface area contributed by atoms with Crippen LogP contribution in [0.25, 0.3) is 0 Å². The van der Waals surface area contributed by atoms with Crippen LogP contribution >= 0.6 is 0 Å². The molecule has 0 unspecified atom stereocenters. The molecular formula is C25H44N4O4.